The van der Waals surface area contributed by atoms with Gasteiger partial charge in [-0.1, -0.05) is 18.7 Å². The summed E-state index contributed by atoms with van der Waals surface area (Å²) in [5.41, 5.74) is 4.30. The third kappa shape index (κ3) is 2.84. The number of rotatable bonds is 2. The molecule has 0 aliphatic heterocycles. The predicted molar refractivity (Wildman–Crippen MR) is 53.9 cm³/mol. The molecule has 5 nitrogen and oxygen atoms in total. The van der Waals surface area contributed by atoms with Gasteiger partial charge in [0.25, 0.3) is 11.8 Å². The second-order valence-corrected chi connectivity index (χ2v) is 2.66. The van der Waals surface area contributed by atoms with Gasteiger partial charge in [0, 0.05) is 0 Å². The van der Waals surface area contributed by atoms with Crippen LogP contribution in [0, 0.1) is 0 Å². The second-order valence-electron chi connectivity index (χ2n) is 2.66. The third-order valence-corrected chi connectivity index (χ3v) is 1.63. The van der Waals surface area contributed by atoms with Gasteiger partial charge in [0.1, 0.15) is 5.75 Å². The lowest BCUT2D eigenvalue weighted by Crippen LogP contribution is -2.40. The fourth-order valence-corrected chi connectivity index (χ4v) is 0.902. The van der Waals surface area contributed by atoms with Crippen molar-refractivity contribution in [2.45, 2.75) is 0 Å². The van der Waals surface area contributed by atoms with Crippen LogP contribution in [0.2, 0.25) is 0 Å². The Labute approximate surface area is 86.4 Å². The molecule has 0 unspecified atom stereocenters. The van der Waals surface area contributed by atoms with Crippen LogP contribution in [0.15, 0.2) is 36.9 Å². The van der Waals surface area contributed by atoms with E-state index in [-0.39, 0.29) is 11.3 Å². The number of amides is 2. The van der Waals surface area contributed by atoms with Crippen LogP contribution in [0.5, 0.6) is 5.75 Å². The van der Waals surface area contributed by atoms with Crippen LogP contribution in [-0.4, -0.2) is 16.9 Å². The van der Waals surface area contributed by atoms with E-state index in [9.17, 15) is 14.7 Å². The first-order valence-electron chi connectivity index (χ1n) is 4.16. The van der Waals surface area contributed by atoms with E-state index < -0.39 is 11.8 Å². The minimum atomic E-state index is -0.594. The quantitative estimate of drug-likeness (QED) is 0.482. The molecule has 5 heteroatoms. The summed E-state index contributed by atoms with van der Waals surface area (Å²) in [5.74, 6) is -1.27. The Balaban J connectivity index is 2.66. The standard InChI is InChI=1S/C10H10N2O3/c1-2-9(14)11-12-10(15)7-5-3-4-6-8(7)13/h2-6,13H,1H2,(H,11,14)(H,12,15). The lowest BCUT2D eigenvalue weighted by atomic mass is 10.2. The molecule has 1 rings (SSSR count). The first kappa shape index (κ1) is 10.8. The molecular formula is C10H10N2O3. The Kier molecular flexibility index (Phi) is 3.45. The Morgan fingerprint density at radius 1 is 1.27 bits per heavy atom. The predicted octanol–water partition coefficient (Wildman–Crippen LogP) is 0.339. The molecule has 0 aliphatic rings. The van der Waals surface area contributed by atoms with Gasteiger partial charge in [-0.3, -0.25) is 20.4 Å². The van der Waals surface area contributed by atoms with Crippen LogP contribution in [0.25, 0.3) is 0 Å². The van der Waals surface area contributed by atoms with Gasteiger partial charge >= 0.3 is 0 Å². The minimum Gasteiger partial charge on any atom is -0.507 e. The van der Waals surface area contributed by atoms with E-state index in [4.69, 9.17) is 0 Å². The Bertz CT molecular complexity index is 401. The number of hydrazine groups is 1. The molecule has 1 aromatic carbocycles. The van der Waals surface area contributed by atoms with Crippen molar-refractivity contribution in [3.63, 3.8) is 0 Å². The summed E-state index contributed by atoms with van der Waals surface area (Å²) in [6, 6.07) is 6.01. The van der Waals surface area contributed by atoms with E-state index >= 15 is 0 Å². The van der Waals surface area contributed by atoms with E-state index in [2.05, 4.69) is 17.4 Å². The van der Waals surface area contributed by atoms with Crippen molar-refractivity contribution >= 4 is 11.8 Å². The smallest absolute Gasteiger partial charge is 0.273 e. The molecule has 0 heterocycles. The zero-order valence-electron chi connectivity index (χ0n) is 7.86. The van der Waals surface area contributed by atoms with Gasteiger partial charge in [-0.15, -0.1) is 0 Å². The van der Waals surface area contributed by atoms with Crippen LogP contribution in [-0.2, 0) is 4.79 Å². The summed E-state index contributed by atoms with van der Waals surface area (Å²) in [6.45, 7) is 3.22. The number of benzene rings is 1. The number of carbonyl (C=O) groups excluding carboxylic acids is 2. The summed E-state index contributed by atoms with van der Waals surface area (Å²) in [5, 5.41) is 9.31. The number of hydrogen-bond acceptors (Lipinski definition) is 3. The van der Waals surface area contributed by atoms with Crippen molar-refractivity contribution in [1.29, 1.82) is 0 Å². The molecule has 15 heavy (non-hydrogen) atoms. The lowest BCUT2D eigenvalue weighted by molar-refractivity contribution is -0.117. The number of hydrogen-bond donors (Lipinski definition) is 3. The molecule has 0 atom stereocenters. The fraction of sp³-hybridized carbons (Fsp3) is 0. The van der Waals surface area contributed by atoms with E-state index in [1.165, 1.54) is 12.1 Å². The molecule has 0 saturated heterocycles. The zero-order valence-corrected chi connectivity index (χ0v) is 7.86. The molecule has 0 saturated carbocycles. The van der Waals surface area contributed by atoms with Crippen molar-refractivity contribution in [3.05, 3.63) is 42.5 Å². The van der Waals surface area contributed by atoms with Crippen LogP contribution < -0.4 is 10.9 Å². The maximum Gasteiger partial charge on any atom is 0.273 e. The maximum absolute atomic E-state index is 11.4. The molecule has 78 valence electrons. The summed E-state index contributed by atoms with van der Waals surface area (Å²) in [4.78, 5) is 22.1. The Hall–Kier alpha value is -2.30. The summed E-state index contributed by atoms with van der Waals surface area (Å²) in [6.07, 6.45) is 1.02. The van der Waals surface area contributed by atoms with Crippen molar-refractivity contribution in [2.75, 3.05) is 0 Å². The molecule has 3 N–H and O–H groups in total. The van der Waals surface area contributed by atoms with Crippen molar-refractivity contribution in [2.24, 2.45) is 0 Å². The number of aromatic hydroxyl groups is 1. The van der Waals surface area contributed by atoms with Gasteiger partial charge in [0.05, 0.1) is 5.56 Å². The van der Waals surface area contributed by atoms with Crippen LogP contribution >= 0.6 is 0 Å². The van der Waals surface area contributed by atoms with Gasteiger partial charge in [-0.25, -0.2) is 0 Å². The van der Waals surface area contributed by atoms with E-state index in [1.807, 2.05) is 0 Å². The number of carbonyl (C=O) groups is 2. The molecule has 0 fully saturated rings. The maximum atomic E-state index is 11.4. The van der Waals surface area contributed by atoms with E-state index in [0.29, 0.717) is 0 Å². The van der Waals surface area contributed by atoms with Crippen molar-refractivity contribution < 1.29 is 14.7 Å². The topological polar surface area (TPSA) is 78.4 Å². The van der Waals surface area contributed by atoms with Crippen molar-refractivity contribution in [1.82, 2.24) is 10.9 Å². The number of phenolic OH excluding ortho intramolecular Hbond substituents is 1. The van der Waals surface area contributed by atoms with Crippen molar-refractivity contribution in [3.8, 4) is 5.75 Å². The molecular weight excluding hydrogens is 196 g/mol. The average molecular weight is 206 g/mol. The highest BCUT2D eigenvalue weighted by molar-refractivity contribution is 5.98. The highest BCUT2D eigenvalue weighted by Gasteiger charge is 2.09. The van der Waals surface area contributed by atoms with Crippen LogP contribution in [0.4, 0.5) is 0 Å². The Morgan fingerprint density at radius 3 is 2.53 bits per heavy atom. The SMILES string of the molecule is C=CC(=O)NNC(=O)c1ccccc1O. The summed E-state index contributed by atoms with van der Waals surface area (Å²) in [7, 11) is 0. The Morgan fingerprint density at radius 2 is 1.93 bits per heavy atom. The molecule has 0 aromatic heterocycles. The molecule has 0 bridgehead atoms. The van der Waals surface area contributed by atoms with Gasteiger partial charge in [-0.05, 0) is 18.2 Å². The molecule has 1 aromatic rings. The number of para-hydroxylation sites is 1. The summed E-state index contributed by atoms with van der Waals surface area (Å²) < 4.78 is 0. The molecule has 2 amide bonds. The monoisotopic (exact) mass is 206 g/mol. The molecule has 0 radical (unpaired) electrons. The van der Waals surface area contributed by atoms with E-state index in [0.717, 1.165) is 6.08 Å². The minimum absolute atomic E-state index is 0.0851. The highest BCUT2D eigenvalue weighted by atomic mass is 16.3. The zero-order chi connectivity index (χ0) is 11.3. The largest absolute Gasteiger partial charge is 0.507 e. The lowest BCUT2D eigenvalue weighted by Gasteiger charge is -2.06. The van der Waals surface area contributed by atoms with Gasteiger partial charge in [-0.2, -0.15) is 0 Å². The van der Waals surface area contributed by atoms with Gasteiger partial charge in [0.15, 0.2) is 0 Å². The normalized spacial score (nSPS) is 9.07. The summed E-state index contributed by atoms with van der Waals surface area (Å²) >= 11 is 0. The average Bonchev–Trinajstić information content (AvgIpc) is 2.26. The van der Waals surface area contributed by atoms with Crippen LogP contribution in [0.1, 0.15) is 10.4 Å². The molecule has 0 aliphatic carbocycles. The van der Waals surface area contributed by atoms with Crippen LogP contribution in [0.3, 0.4) is 0 Å². The van der Waals surface area contributed by atoms with Gasteiger partial charge in [0.2, 0.25) is 0 Å². The fourth-order valence-electron chi connectivity index (χ4n) is 0.902. The van der Waals surface area contributed by atoms with Gasteiger partial charge < -0.3 is 5.11 Å². The second kappa shape index (κ2) is 4.80. The number of nitrogens with one attached hydrogen (secondary N) is 2. The third-order valence-electron chi connectivity index (χ3n) is 1.63. The van der Waals surface area contributed by atoms with E-state index in [1.54, 1.807) is 12.1 Å². The first-order valence-corrected chi connectivity index (χ1v) is 4.16. The molecule has 0 spiro atoms. The number of phenols is 1. The highest BCUT2D eigenvalue weighted by Crippen LogP contribution is 2.14. The first-order chi connectivity index (χ1) is 7.15.